The van der Waals surface area contributed by atoms with Gasteiger partial charge in [-0.1, -0.05) is 23.4 Å². The largest absolute Gasteiger partial charge is 0.496 e. The van der Waals surface area contributed by atoms with Crippen LogP contribution in [0.2, 0.25) is 0 Å². The fraction of sp³-hybridized carbons (Fsp3) is 0.550. The molecule has 1 aliphatic heterocycles. The van der Waals surface area contributed by atoms with Gasteiger partial charge in [0.15, 0.2) is 5.82 Å². The van der Waals surface area contributed by atoms with E-state index in [-0.39, 0.29) is 5.91 Å². The van der Waals surface area contributed by atoms with Gasteiger partial charge in [-0.05, 0) is 37.7 Å². The molecule has 0 spiro atoms. The van der Waals surface area contributed by atoms with Gasteiger partial charge < -0.3 is 14.2 Å². The van der Waals surface area contributed by atoms with Gasteiger partial charge in [0.1, 0.15) is 5.75 Å². The Hall–Kier alpha value is -2.37. The number of hydrogen-bond acceptors (Lipinski definition) is 5. The molecule has 1 amide bonds. The molecule has 2 aromatic rings. The first-order valence-corrected chi connectivity index (χ1v) is 9.45. The number of carbonyl (C=O) groups excluding carboxylic acids is 1. The van der Waals surface area contributed by atoms with Crippen LogP contribution in [0, 0.1) is 5.92 Å². The lowest BCUT2D eigenvalue weighted by atomic mass is 9.94. The molecule has 138 valence electrons. The van der Waals surface area contributed by atoms with Gasteiger partial charge in [0.05, 0.1) is 13.5 Å². The minimum Gasteiger partial charge on any atom is -0.496 e. The molecule has 6 heteroatoms. The van der Waals surface area contributed by atoms with E-state index in [1.807, 2.05) is 29.2 Å². The average Bonchev–Trinajstić information content (AvgIpc) is 3.42. The highest BCUT2D eigenvalue weighted by molar-refractivity contribution is 5.79. The second kappa shape index (κ2) is 7.48. The van der Waals surface area contributed by atoms with Crippen molar-refractivity contribution in [1.29, 1.82) is 0 Å². The Bertz CT molecular complexity index is 769. The summed E-state index contributed by atoms with van der Waals surface area (Å²) in [6.07, 6.45) is 5.61. The first-order chi connectivity index (χ1) is 12.7. The van der Waals surface area contributed by atoms with Crippen LogP contribution in [0.25, 0.3) is 0 Å². The topological polar surface area (TPSA) is 68.5 Å². The zero-order valence-electron chi connectivity index (χ0n) is 15.2. The fourth-order valence-electron chi connectivity index (χ4n) is 3.69. The average molecular weight is 355 g/mol. The molecule has 0 unspecified atom stereocenters. The van der Waals surface area contributed by atoms with Gasteiger partial charge in [0.2, 0.25) is 11.8 Å². The molecule has 6 nitrogen and oxygen atoms in total. The monoisotopic (exact) mass is 355 g/mol. The van der Waals surface area contributed by atoms with Crippen LogP contribution in [-0.4, -0.2) is 41.1 Å². The minimum atomic E-state index is 0.156. The van der Waals surface area contributed by atoms with Crippen LogP contribution >= 0.6 is 0 Å². The van der Waals surface area contributed by atoms with Gasteiger partial charge in [-0.25, -0.2) is 0 Å². The van der Waals surface area contributed by atoms with Gasteiger partial charge in [-0.2, -0.15) is 4.98 Å². The molecular weight excluding hydrogens is 330 g/mol. The first kappa shape index (κ1) is 17.1. The van der Waals surface area contributed by atoms with E-state index in [1.54, 1.807) is 7.11 Å². The fourth-order valence-corrected chi connectivity index (χ4v) is 3.69. The van der Waals surface area contributed by atoms with Crippen molar-refractivity contribution in [1.82, 2.24) is 15.0 Å². The van der Waals surface area contributed by atoms with Crippen LogP contribution in [0.5, 0.6) is 5.75 Å². The predicted molar refractivity (Wildman–Crippen MR) is 96.0 cm³/mol. The number of piperidine rings is 1. The van der Waals surface area contributed by atoms with Crippen molar-refractivity contribution in [2.24, 2.45) is 5.92 Å². The summed E-state index contributed by atoms with van der Waals surface area (Å²) >= 11 is 0. The number of hydrogen-bond donors (Lipinski definition) is 0. The van der Waals surface area contributed by atoms with Crippen molar-refractivity contribution in [2.75, 3.05) is 20.2 Å². The second-order valence-electron chi connectivity index (χ2n) is 7.36. The van der Waals surface area contributed by atoms with Gasteiger partial charge in [-0.15, -0.1) is 0 Å². The maximum absolute atomic E-state index is 12.8. The molecule has 1 atom stereocenters. The van der Waals surface area contributed by atoms with Crippen LogP contribution in [0.3, 0.4) is 0 Å². The summed E-state index contributed by atoms with van der Waals surface area (Å²) in [5, 5.41) is 4.09. The molecule has 2 heterocycles. The third-order valence-electron chi connectivity index (χ3n) is 5.30. The lowest BCUT2D eigenvalue weighted by Crippen LogP contribution is -2.41. The molecule has 1 aliphatic carbocycles. The van der Waals surface area contributed by atoms with E-state index in [2.05, 4.69) is 10.1 Å². The lowest BCUT2D eigenvalue weighted by Gasteiger charge is -2.32. The molecule has 0 radical (unpaired) electrons. The van der Waals surface area contributed by atoms with Crippen molar-refractivity contribution in [3.63, 3.8) is 0 Å². The number of para-hydroxylation sites is 1. The van der Waals surface area contributed by atoms with Crippen molar-refractivity contribution in [3.05, 3.63) is 41.5 Å². The number of ether oxygens (including phenoxy) is 1. The van der Waals surface area contributed by atoms with Gasteiger partial charge in [0, 0.05) is 31.0 Å². The van der Waals surface area contributed by atoms with Crippen LogP contribution in [0.1, 0.15) is 48.9 Å². The Labute approximate surface area is 153 Å². The number of amides is 1. The van der Waals surface area contributed by atoms with E-state index in [1.165, 1.54) is 12.8 Å². The first-order valence-electron chi connectivity index (χ1n) is 9.45. The standard InChI is InChI=1S/C20H25N3O3/c1-25-17-7-3-2-6-16(17)12-19(24)23-10-4-5-14(13-23)11-18-21-20(22-26-18)15-8-9-15/h2-3,6-7,14-15H,4-5,8-13H2,1H3/t14-/m1/s1. The summed E-state index contributed by atoms with van der Waals surface area (Å²) in [6, 6.07) is 7.71. The molecule has 2 fully saturated rings. The summed E-state index contributed by atoms with van der Waals surface area (Å²) < 4.78 is 10.8. The Kier molecular flexibility index (Phi) is 4.91. The maximum atomic E-state index is 12.8. The van der Waals surface area contributed by atoms with Crippen LogP contribution in [0.15, 0.2) is 28.8 Å². The van der Waals surface area contributed by atoms with E-state index < -0.39 is 0 Å². The van der Waals surface area contributed by atoms with Crippen LogP contribution in [-0.2, 0) is 17.6 Å². The van der Waals surface area contributed by atoms with Gasteiger partial charge in [-0.3, -0.25) is 4.79 Å². The molecule has 0 bridgehead atoms. The molecule has 0 N–H and O–H groups in total. The third kappa shape index (κ3) is 3.89. The predicted octanol–water partition coefficient (Wildman–Crippen LogP) is 2.98. The van der Waals surface area contributed by atoms with Crippen molar-refractivity contribution in [2.45, 2.75) is 44.4 Å². The maximum Gasteiger partial charge on any atom is 0.227 e. The highest BCUT2D eigenvalue weighted by atomic mass is 16.5. The number of methoxy groups -OCH3 is 1. The molecule has 2 aliphatic rings. The van der Waals surface area contributed by atoms with Crippen molar-refractivity contribution in [3.8, 4) is 5.75 Å². The Balaban J connectivity index is 1.35. The smallest absolute Gasteiger partial charge is 0.227 e. The normalized spacial score (nSPS) is 20.2. The zero-order chi connectivity index (χ0) is 17.9. The van der Waals surface area contributed by atoms with Crippen LogP contribution in [0.4, 0.5) is 0 Å². The van der Waals surface area contributed by atoms with Gasteiger partial charge >= 0.3 is 0 Å². The van der Waals surface area contributed by atoms with E-state index >= 15 is 0 Å². The third-order valence-corrected chi connectivity index (χ3v) is 5.30. The van der Waals surface area contributed by atoms with E-state index in [9.17, 15) is 4.79 Å². The zero-order valence-corrected chi connectivity index (χ0v) is 15.2. The molecule has 4 rings (SSSR count). The molecular formula is C20H25N3O3. The van der Waals surface area contributed by atoms with E-state index in [0.717, 1.165) is 55.4 Å². The quantitative estimate of drug-likeness (QED) is 0.797. The lowest BCUT2D eigenvalue weighted by molar-refractivity contribution is -0.132. The highest BCUT2D eigenvalue weighted by Gasteiger charge is 2.30. The van der Waals surface area contributed by atoms with E-state index in [0.29, 0.717) is 18.3 Å². The highest BCUT2D eigenvalue weighted by Crippen LogP contribution is 2.38. The number of likely N-dealkylation sites (tertiary alicyclic amines) is 1. The molecule has 1 saturated heterocycles. The molecule has 1 saturated carbocycles. The molecule has 1 aromatic carbocycles. The Morgan fingerprint density at radius 1 is 1.31 bits per heavy atom. The summed E-state index contributed by atoms with van der Waals surface area (Å²) in [6.45, 7) is 1.58. The van der Waals surface area contributed by atoms with Crippen molar-refractivity contribution >= 4 is 5.91 Å². The second-order valence-corrected chi connectivity index (χ2v) is 7.36. The summed E-state index contributed by atoms with van der Waals surface area (Å²) in [4.78, 5) is 19.3. The number of benzene rings is 1. The number of rotatable bonds is 6. The SMILES string of the molecule is COc1ccccc1CC(=O)N1CCC[C@H](Cc2nc(C3CC3)no2)C1. The summed E-state index contributed by atoms with van der Waals surface area (Å²) in [5.41, 5.74) is 0.938. The Morgan fingerprint density at radius 2 is 2.15 bits per heavy atom. The Morgan fingerprint density at radius 3 is 2.96 bits per heavy atom. The number of nitrogens with zero attached hydrogens (tertiary/aromatic N) is 3. The number of aromatic nitrogens is 2. The molecule has 1 aromatic heterocycles. The molecule has 26 heavy (non-hydrogen) atoms. The van der Waals surface area contributed by atoms with Gasteiger partial charge in [0.25, 0.3) is 0 Å². The summed E-state index contributed by atoms with van der Waals surface area (Å²) in [5.74, 6) is 3.41. The minimum absolute atomic E-state index is 0.156. The van der Waals surface area contributed by atoms with E-state index in [4.69, 9.17) is 9.26 Å². The summed E-state index contributed by atoms with van der Waals surface area (Å²) in [7, 11) is 1.64. The van der Waals surface area contributed by atoms with Crippen LogP contribution < -0.4 is 4.74 Å². The van der Waals surface area contributed by atoms with Crippen molar-refractivity contribution < 1.29 is 14.1 Å². The number of carbonyl (C=O) groups is 1.